The molecule has 7 nitrogen and oxygen atoms in total. The molecule has 1 amide bonds. The number of methoxy groups -OCH3 is 1. The van der Waals surface area contributed by atoms with E-state index in [2.05, 4.69) is 36.4 Å². The molecule has 2 aromatic heterocycles. The summed E-state index contributed by atoms with van der Waals surface area (Å²) in [6.07, 6.45) is 3.44. The van der Waals surface area contributed by atoms with Crippen LogP contribution in [0, 0.1) is 13.8 Å². The van der Waals surface area contributed by atoms with Gasteiger partial charge in [-0.25, -0.2) is 4.52 Å². The lowest BCUT2D eigenvalue weighted by Gasteiger charge is -2.08. The van der Waals surface area contributed by atoms with Crippen molar-refractivity contribution < 1.29 is 9.53 Å². The zero-order valence-electron chi connectivity index (χ0n) is 17.8. The SMILES string of the molecule is COc1cccc(C(=O)NCCn2ccn3nc(-c4ccc(C)c(C)c4)cc3c2=O)c1. The molecule has 2 aromatic carbocycles. The van der Waals surface area contributed by atoms with Gasteiger partial charge in [-0.2, -0.15) is 5.10 Å². The second kappa shape index (κ2) is 8.47. The Morgan fingerprint density at radius 3 is 2.68 bits per heavy atom. The van der Waals surface area contributed by atoms with Gasteiger partial charge in [-0.15, -0.1) is 0 Å². The van der Waals surface area contributed by atoms with Crippen LogP contribution in [-0.2, 0) is 6.54 Å². The molecule has 0 unspecified atom stereocenters. The number of carbonyl (C=O) groups excluding carboxylic acids is 1. The van der Waals surface area contributed by atoms with Crippen LogP contribution < -0.4 is 15.6 Å². The molecule has 0 saturated heterocycles. The maximum Gasteiger partial charge on any atom is 0.276 e. The van der Waals surface area contributed by atoms with Gasteiger partial charge in [0.25, 0.3) is 11.5 Å². The molecule has 0 fully saturated rings. The van der Waals surface area contributed by atoms with Crippen molar-refractivity contribution in [1.82, 2.24) is 19.5 Å². The lowest BCUT2D eigenvalue weighted by molar-refractivity contribution is 0.0952. The van der Waals surface area contributed by atoms with Crippen LogP contribution in [0.5, 0.6) is 5.75 Å². The molecule has 2 heterocycles. The minimum absolute atomic E-state index is 0.152. The Labute approximate surface area is 179 Å². The van der Waals surface area contributed by atoms with Crippen LogP contribution in [0.3, 0.4) is 0 Å². The van der Waals surface area contributed by atoms with E-state index in [1.54, 1.807) is 58.9 Å². The van der Waals surface area contributed by atoms with Crippen molar-refractivity contribution in [3.63, 3.8) is 0 Å². The molecular weight excluding hydrogens is 392 g/mol. The Balaban J connectivity index is 1.49. The van der Waals surface area contributed by atoms with Gasteiger partial charge in [-0.05, 0) is 55.3 Å². The number of ether oxygens (including phenoxy) is 1. The fraction of sp³-hybridized carbons (Fsp3) is 0.208. The van der Waals surface area contributed by atoms with Crippen molar-refractivity contribution in [1.29, 1.82) is 0 Å². The summed E-state index contributed by atoms with van der Waals surface area (Å²) in [6.45, 7) is 4.80. The first-order valence-corrected chi connectivity index (χ1v) is 10.0. The molecule has 0 aliphatic carbocycles. The number of carbonyl (C=O) groups is 1. The van der Waals surface area contributed by atoms with Crippen LogP contribution in [0.2, 0.25) is 0 Å². The minimum atomic E-state index is -0.214. The van der Waals surface area contributed by atoms with Crippen molar-refractivity contribution in [2.45, 2.75) is 20.4 Å². The van der Waals surface area contributed by atoms with Crippen LogP contribution >= 0.6 is 0 Å². The molecule has 0 spiro atoms. The first kappa shape index (κ1) is 20.4. The molecule has 4 rings (SSSR count). The van der Waals surface area contributed by atoms with E-state index in [4.69, 9.17) is 4.74 Å². The number of nitrogens with one attached hydrogen (secondary N) is 1. The van der Waals surface area contributed by atoms with Crippen LogP contribution in [0.15, 0.2) is 65.7 Å². The normalized spacial score (nSPS) is 10.9. The first-order valence-electron chi connectivity index (χ1n) is 10.0. The number of aryl methyl sites for hydroxylation is 2. The molecule has 0 aliphatic rings. The second-order valence-corrected chi connectivity index (χ2v) is 7.44. The molecule has 1 N–H and O–H groups in total. The number of benzene rings is 2. The molecule has 0 bridgehead atoms. The largest absolute Gasteiger partial charge is 0.497 e. The zero-order valence-corrected chi connectivity index (χ0v) is 17.8. The number of amides is 1. The number of nitrogens with zero attached hydrogens (tertiary/aromatic N) is 3. The Bertz CT molecular complexity index is 1320. The van der Waals surface area contributed by atoms with Crippen LogP contribution in [0.25, 0.3) is 16.8 Å². The second-order valence-electron chi connectivity index (χ2n) is 7.44. The molecule has 31 heavy (non-hydrogen) atoms. The number of fused-ring (bicyclic) bond motifs is 1. The van der Waals surface area contributed by atoms with Crippen molar-refractivity contribution in [3.8, 4) is 17.0 Å². The molecule has 7 heteroatoms. The van der Waals surface area contributed by atoms with E-state index in [1.165, 1.54) is 11.1 Å². The summed E-state index contributed by atoms with van der Waals surface area (Å²) in [7, 11) is 1.56. The van der Waals surface area contributed by atoms with Gasteiger partial charge in [0.2, 0.25) is 0 Å². The summed E-state index contributed by atoms with van der Waals surface area (Å²) in [4.78, 5) is 25.2. The van der Waals surface area contributed by atoms with Crippen molar-refractivity contribution in [2.75, 3.05) is 13.7 Å². The molecule has 0 aliphatic heterocycles. The summed E-state index contributed by atoms with van der Waals surface area (Å²) < 4.78 is 8.32. The highest BCUT2D eigenvalue weighted by atomic mass is 16.5. The quantitative estimate of drug-likeness (QED) is 0.524. The average Bonchev–Trinajstić information content (AvgIpc) is 3.22. The highest BCUT2D eigenvalue weighted by Gasteiger charge is 2.11. The molecule has 0 radical (unpaired) electrons. The van der Waals surface area contributed by atoms with Gasteiger partial charge >= 0.3 is 0 Å². The maximum atomic E-state index is 12.9. The predicted molar refractivity (Wildman–Crippen MR) is 120 cm³/mol. The van der Waals surface area contributed by atoms with Crippen molar-refractivity contribution >= 4 is 11.4 Å². The third-order valence-corrected chi connectivity index (χ3v) is 5.38. The number of hydrogen-bond donors (Lipinski definition) is 1. The summed E-state index contributed by atoms with van der Waals surface area (Å²) in [6, 6.07) is 14.9. The van der Waals surface area contributed by atoms with Crippen molar-refractivity contribution in [3.05, 3.63) is 88.0 Å². The standard InChI is InChI=1S/C24H24N4O3/c1-16-7-8-18(13-17(16)2)21-15-22-24(30)27(11-12-28(22)26-21)10-9-25-23(29)19-5-4-6-20(14-19)31-3/h4-8,11-15H,9-10H2,1-3H3,(H,25,29). The average molecular weight is 416 g/mol. The minimum Gasteiger partial charge on any atom is -0.497 e. The van der Waals surface area contributed by atoms with E-state index in [-0.39, 0.29) is 11.5 Å². The van der Waals surface area contributed by atoms with E-state index in [0.717, 1.165) is 11.3 Å². The van der Waals surface area contributed by atoms with Crippen LogP contribution in [-0.4, -0.2) is 33.7 Å². The Morgan fingerprint density at radius 1 is 1.06 bits per heavy atom. The van der Waals surface area contributed by atoms with Gasteiger partial charge in [0.1, 0.15) is 11.3 Å². The third-order valence-electron chi connectivity index (χ3n) is 5.38. The molecule has 158 valence electrons. The van der Waals surface area contributed by atoms with Gasteiger partial charge in [-0.3, -0.25) is 9.59 Å². The van der Waals surface area contributed by atoms with Gasteiger partial charge in [0.05, 0.1) is 12.8 Å². The van der Waals surface area contributed by atoms with Gasteiger partial charge in [0, 0.05) is 36.6 Å². The molecule has 0 atom stereocenters. The molecule has 0 saturated carbocycles. The fourth-order valence-electron chi connectivity index (χ4n) is 3.40. The smallest absolute Gasteiger partial charge is 0.276 e. The highest BCUT2D eigenvalue weighted by molar-refractivity contribution is 5.94. The van der Waals surface area contributed by atoms with E-state index >= 15 is 0 Å². The Hall–Kier alpha value is -3.87. The molecule has 4 aromatic rings. The third kappa shape index (κ3) is 4.21. The van der Waals surface area contributed by atoms with Gasteiger partial charge in [-0.1, -0.05) is 18.2 Å². The fourth-order valence-corrected chi connectivity index (χ4v) is 3.40. The number of rotatable bonds is 6. The lowest BCUT2D eigenvalue weighted by atomic mass is 10.0. The highest BCUT2D eigenvalue weighted by Crippen LogP contribution is 2.21. The zero-order chi connectivity index (χ0) is 22.0. The number of hydrogen-bond acceptors (Lipinski definition) is 4. The van der Waals surface area contributed by atoms with Crippen LogP contribution in [0.1, 0.15) is 21.5 Å². The van der Waals surface area contributed by atoms with Gasteiger partial charge < -0.3 is 14.6 Å². The van der Waals surface area contributed by atoms with E-state index in [9.17, 15) is 9.59 Å². The topological polar surface area (TPSA) is 77.6 Å². The monoisotopic (exact) mass is 416 g/mol. The predicted octanol–water partition coefficient (Wildman–Crippen LogP) is 3.22. The summed E-state index contributed by atoms with van der Waals surface area (Å²) in [5, 5.41) is 7.38. The molecular formula is C24H24N4O3. The summed E-state index contributed by atoms with van der Waals surface area (Å²) >= 11 is 0. The van der Waals surface area contributed by atoms with E-state index < -0.39 is 0 Å². The number of aromatic nitrogens is 3. The van der Waals surface area contributed by atoms with Crippen molar-refractivity contribution in [2.24, 2.45) is 0 Å². The summed E-state index contributed by atoms with van der Waals surface area (Å²) in [5.41, 5.74) is 4.98. The van der Waals surface area contributed by atoms with Crippen LogP contribution in [0.4, 0.5) is 0 Å². The first-order chi connectivity index (χ1) is 15.0. The Kier molecular flexibility index (Phi) is 5.58. The van der Waals surface area contributed by atoms with E-state index in [1.807, 2.05) is 6.07 Å². The Morgan fingerprint density at radius 2 is 1.90 bits per heavy atom. The lowest BCUT2D eigenvalue weighted by Crippen LogP contribution is -2.31. The van der Waals surface area contributed by atoms with E-state index in [0.29, 0.717) is 29.9 Å². The van der Waals surface area contributed by atoms with Gasteiger partial charge in [0.15, 0.2) is 0 Å². The summed E-state index contributed by atoms with van der Waals surface area (Å²) in [5.74, 6) is 0.407. The maximum absolute atomic E-state index is 12.9.